The lowest BCUT2D eigenvalue weighted by Crippen LogP contribution is -2.30. The van der Waals surface area contributed by atoms with Crippen LogP contribution in [0.5, 0.6) is 0 Å². The Morgan fingerprint density at radius 3 is 0.726 bits per heavy atom. The Morgan fingerprint density at radius 1 is 0.264 bits per heavy atom. The number of unbranched alkanes of at least 4 members (excludes halogenated alkanes) is 14. The van der Waals surface area contributed by atoms with Gasteiger partial charge in [0.2, 0.25) is 0 Å². The second-order valence-electron chi connectivity index (χ2n) is 25.5. The quantitative estimate of drug-likeness (QED) is 0.0169. The van der Waals surface area contributed by atoms with Crippen LogP contribution in [0.25, 0.3) is 0 Å². The molecule has 17 nitrogen and oxygen atoms in total. The lowest BCUT2D eigenvalue weighted by atomic mass is 10.1. The van der Waals surface area contributed by atoms with E-state index in [1.54, 1.807) is 0 Å². The smallest absolute Gasteiger partial charge is 0.462 e. The monoisotopic (exact) mass is 1520 g/mol. The van der Waals surface area contributed by atoms with Crippen molar-refractivity contribution >= 4 is 39.5 Å². The van der Waals surface area contributed by atoms with Crippen LogP contribution in [0, 0.1) is 0 Å². The molecule has 5 atom stereocenters. The molecule has 0 aromatic rings. The summed E-state index contributed by atoms with van der Waals surface area (Å²) in [4.78, 5) is 73.0. The minimum atomic E-state index is -5.01. The van der Waals surface area contributed by atoms with Crippen molar-refractivity contribution in [2.24, 2.45) is 0 Å². The van der Waals surface area contributed by atoms with E-state index in [-0.39, 0.29) is 25.7 Å². The van der Waals surface area contributed by atoms with Gasteiger partial charge in [-0.05, 0) is 180 Å². The molecule has 0 aromatic heterocycles. The van der Waals surface area contributed by atoms with Crippen LogP contribution in [-0.4, -0.2) is 96.7 Å². The van der Waals surface area contributed by atoms with Crippen LogP contribution in [0.2, 0.25) is 0 Å². The largest absolute Gasteiger partial charge is 0.472 e. The van der Waals surface area contributed by atoms with Gasteiger partial charge in [-0.15, -0.1) is 0 Å². The van der Waals surface area contributed by atoms with Crippen molar-refractivity contribution in [2.75, 3.05) is 39.6 Å². The van der Waals surface area contributed by atoms with Crippen LogP contribution in [-0.2, 0) is 65.4 Å². The molecule has 0 radical (unpaired) electrons. The zero-order chi connectivity index (χ0) is 77.4. The molecule has 0 aliphatic heterocycles. The maximum atomic E-state index is 13.1. The summed E-state index contributed by atoms with van der Waals surface area (Å²) >= 11 is 0. The lowest BCUT2D eigenvalue weighted by Gasteiger charge is -2.21. The van der Waals surface area contributed by atoms with E-state index in [2.05, 4.69) is 222 Å². The van der Waals surface area contributed by atoms with Crippen molar-refractivity contribution in [1.29, 1.82) is 0 Å². The molecule has 0 saturated carbocycles. The van der Waals surface area contributed by atoms with Gasteiger partial charge in [-0.2, -0.15) is 0 Å². The third kappa shape index (κ3) is 76.1. The standard InChI is InChI=1S/C87H138O17P2/c1-5-9-13-17-21-25-29-33-37-39-40-42-45-48-52-56-60-64-68-72-85(90)98-78-83(104-87(92)74-70-66-62-58-54-50-46-41-38-34-30-26-22-18-14-10-6-2)80-102-106(95,96)100-76-81(88)75-99-105(93,94)101-79-82(103-86(91)73-69-65-61-57-53-49-44-36-32-28-24-20-16-12-8-4)77-97-84(89)71-67-63-59-55-51-47-43-35-31-27-23-19-15-11-7-3/h9-16,21-28,33-38,40,42-44,46,50-51,53,55,57,81-83,88H,5-8,17-20,29-32,39,41,45,47-49,52,54,56,58-80H2,1-4H3,(H,93,94)(H,95,96)/b13-9-,14-10-,15-11-,16-12-,25-21-,26-22-,27-23-,28-24-,37-33-,38-34-,42-40-,43-35-,44-36-,50-46-,55-51-,57-53-. The fourth-order valence-corrected chi connectivity index (χ4v) is 11.2. The summed E-state index contributed by atoms with van der Waals surface area (Å²) in [6, 6.07) is 0. The van der Waals surface area contributed by atoms with Crippen molar-refractivity contribution in [1.82, 2.24) is 0 Å². The van der Waals surface area contributed by atoms with Crippen molar-refractivity contribution in [3.8, 4) is 0 Å². The first-order valence-corrected chi connectivity index (χ1v) is 42.7. The van der Waals surface area contributed by atoms with Crippen molar-refractivity contribution in [3.05, 3.63) is 194 Å². The van der Waals surface area contributed by atoms with Crippen LogP contribution < -0.4 is 0 Å². The second kappa shape index (κ2) is 77.1. The Hall–Kier alpha value is -6.10. The van der Waals surface area contributed by atoms with Gasteiger partial charge in [-0.1, -0.05) is 261 Å². The van der Waals surface area contributed by atoms with E-state index < -0.39 is 97.5 Å². The number of ether oxygens (including phenoxy) is 4. The third-order valence-corrected chi connectivity index (χ3v) is 17.4. The number of esters is 4. The molecule has 0 spiro atoms. The van der Waals surface area contributed by atoms with E-state index in [0.717, 1.165) is 186 Å². The van der Waals surface area contributed by atoms with Crippen LogP contribution in [0.1, 0.15) is 272 Å². The normalized spacial score (nSPS) is 14.9. The zero-order valence-corrected chi connectivity index (χ0v) is 67.1. The molecule has 106 heavy (non-hydrogen) atoms. The molecule has 5 unspecified atom stereocenters. The topological polar surface area (TPSA) is 237 Å². The highest BCUT2D eigenvalue weighted by atomic mass is 31.2. The molecule has 0 amide bonds. The molecular weight excluding hydrogens is 1380 g/mol. The lowest BCUT2D eigenvalue weighted by molar-refractivity contribution is -0.161. The highest BCUT2D eigenvalue weighted by molar-refractivity contribution is 7.47. The van der Waals surface area contributed by atoms with Gasteiger partial charge in [0.1, 0.15) is 19.3 Å². The molecule has 0 heterocycles. The minimum Gasteiger partial charge on any atom is -0.462 e. The van der Waals surface area contributed by atoms with E-state index >= 15 is 0 Å². The highest BCUT2D eigenvalue weighted by Crippen LogP contribution is 2.45. The van der Waals surface area contributed by atoms with Gasteiger partial charge in [0.25, 0.3) is 0 Å². The second-order valence-corrected chi connectivity index (χ2v) is 28.4. The molecule has 0 aromatic carbocycles. The predicted octanol–water partition coefficient (Wildman–Crippen LogP) is 23.3. The molecule has 0 aliphatic carbocycles. The maximum Gasteiger partial charge on any atom is 0.472 e. The average Bonchev–Trinajstić information content (AvgIpc) is 0.902. The summed E-state index contributed by atoms with van der Waals surface area (Å²) in [5, 5.41) is 10.6. The maximum absolute atomic E-state index is 13.1. The number of carbonyl (C=O) groups is 4. The van der Waals surface area contributed by atoms with Crippen molar-refractivity contribution in [3.63, 3.8) is 0 Å². The summed E-state index contributed by atoms with van der Waals surface area (Å²) in [7, 11) is -10.0. The van der Waals surface area contributed by atoms with Gasteiger partial charge >= 0.3 is 39.5 Å². The molecule has 0 fully saturated rings. The number of aliphatic hydroxyl groups excluding tert-OH is 1. The van der Waals surface area contributed by atoms with E-state index in [1.165, 1.54) is 0 Å². The molecule has 0 bridgehead atoms. The summed E-state index contributed by atoms with van der Waals surface area (Å²) in [6.07, 6.45) is 94.2. The molecular formula is C87H138O17P2. The summed E-state index contributed by atoms with van der Waals surface area (Å²) in [5.41, 5.74) is 0. The molecule has 598 valence electrons. The number of hydrogen-bond acceptors (Lipinski definition) is 15. The fourth-order valence-electron chi connectivity index (χ4n) is 9.65. The van der Waals surface area contributed by atoms with Gasteiger partial charge in [-0.25, -0.2) is 9.13 Å². The Bertz CT molecular complexity index is 2780. The number of phosphoric ester groups is 2. The average molecular weight is 1520 g/mol. The fraction of sp³-hybridized carbons (Fsp3) is 0.586. The Balaban J connectivity index is 5.49. The number of rotatable bonds is 72. The van der Waals surface area contributed by atoms with E-state index in [0.29, 0.717) is 32.1 Å². The van der Waals surface area contributed by atoms with Crippen LogP contribution in [0.15, 0.2) is 194 Å². The van der Waals surface area contributed by atoms with Gasteiger partial charge in [-0.3, -0.25) is 37.3 Å². The summed E-state index contributed by atoms with van der Waals surface area (Å²) in [5.74, 6) is -2.33. The summed E-state index contributed by atoms with van der Waals surface area (Å²) < 4.78 is 68.5. The SMILES string of the molecule is CC/C=C\C/C=C\C/C=C\C/C=C\CCCCCCCCC(=O)OCC(COP(=O)(O)OCC(O)COP(=O)(O)OCC(COC(=O)CCCC/C=C\C/C=C\C/C=C\C/C=C\CC)OC(=O)CCCC/C=C\C/C=C\C/C=C\C/C=C\CC)OC(=O)CCCCCC/C=C\C/C=C\C/C=C\C/C=C\CC. The molecule has 0 saturated heterocycles. The summed E-state index contributed by atoms with van der Waals surface area (Å²) in [6.45, 7) is 4.25. The number of carbonyl (C=O) groups excluding carboxylic acids is 4. The number of allylic oxidation sites excluding steroid dienone is 32. The molecule has 3 N–H and O–H groups in total. The van der Waals surface area contributed by atoms with Gasteiger partial charge in [0.15, 0.2) is 12.2 Å². The first-order valence-electron chi connectivity index (χ1n) is 39.7. The van der Waals surface area contributed by atoms with E-state index in [1.807, 2.05) is 0 Å². The predicted molar refractivity (Wildman–Crippen MR) is 436 cm³/mol. The van der Waals surface area contributed by atoms with Crippen LogP contribution in [0.4, 0.5) is 0 Å². The van der Waals surface area contributed by atoms with Crippen LogP contribution >= 0.6 is 15.6 Å². The van der Waals surface area contributed by atoms with Gasteiger partial charge in [0.05, 0.1) is 26.4 Å². The van der Waals surface area contributed by atoms with Gasteiger partial charge < -0.3 is 33.8 Å². The van der Waals surface area contributed by atoms with E-state index in [4.69, 9.17) is 37.0 Å². The first-order chi connectivity index (χ1) is 51.7. The Labute approximate surface area is 640 Å². The number of phosphoric acid groups is 2. The molecule has 0 aliphatic rings. The Morgan fingerprint density at radius 2 is 0.462 bits per heavy atom. The van der Waals surface area contributed by atoms with E-state index in [9.17, 15) is 43.2 Å². The highest BCUT2D eigenvalue weighted by Gasteiger charge is 2.30. The van der Waals surface area contributed by atoms with Crippen molar-refractivity contribution in [2.45, 2.75) is 290 Å². The van der Waals surface area contributed by atoms with Crippen LogP contribution in [0.3, 0.4) is 0 Å². The third-order valence-electron chi connectivity index (χ3n) is 15.5. The minimum absolute atomic E-state index is 0.0251. The zero-order valence-electron chi connectivity index (χ0n) is 65.3. The Kier molecular flexibility index (Phi) is 72.6. The van der Waals surface area contributed by atoms with Crippen molar-refractivity contribution < 1.29 is 80.2 Å². The van der Waals surface area contributed by atoms with Gasteiger partial charge in [0, 0.05) is 25.7 Å². The molecule has 0 rings (SSSR count). The molecule has 19 heteroatoms. The number of aliphatic hydroxyl groups is 1. The first kappa shape index (κ1) is 99.9. The number of hydrogen-bond donors (Lipinski definition) is 3.